The molecule has 0 saturated carbocycles. The van der Waals surface area contributed by atoms with Crippen molar-refractivity contribution in [2.45, 2.75) is 19.6 Å². The van der Waals surface area contributed by atoms with E-state index in [9.17, 15) is 0 Å². The number of nitrogens with zero attached hydrogens (tertiary/aromatic N) is 1. The molecular weight excluding hydrogens is 462 g/mol. The van der Waals surface area contributed by atoms with Gasteiger partial charge in [0.2, 0.25) is 0 Å². The van der Waals surface area contributed by atoms with Crippen molar-refractivity contribution < 1.29 is 31.3 Å². The number of aryl methyl sites for hydroxylation is 1. The maximum atomic E-state index is 7.00. The first-order valence-electron chi connectivity index (χ1n) is 9.61. The summed E-state index contributed by atoms with van der Waals surface area (Å²) in [4.78, 5) is 0. The van der Waals surface area contributed by atoms with Crippen LogP contribution in [0.5, 0.6) is 0 Å². The fourth-order valence-electron chi connectivity index (χ4n) is 2.52. The number of hydrogen-bond donors (Lipinski definition) is 1. The summed E-state index contributed by atoms with van der Waals surface area (Å²) < 4.78 is 2.14. The smallest absolute Gasteiger partial charge is 0.400 e. The Kier molecular flexibility index (Phi) is 13.8. The van der Waals surface area contributed by atoms with Gasteiger partial charge in [-0.3, -0.25) is 0 Å². The molecule has 1 radical (unpaired) electrons. The van der Waals surface area contributed by atoms with Crippen LogP contribution in [-0.2, 0) is 33.3 Å². The van der Waals surface area contributed by atoms with Crippen molar-refractivity contribution in [1.82, 2.24) is 4.57 Å². The molecule has 0 bridgehead atoms. The molecule has 0 spiro atoms. The summed E-state index contributed by atoms with van der Waals surface area (Å²) in [6, 6.07) is 28.3. The average Bonchev–Trinajstić information content (AvgIpc) is 3.49. The van der Waals surface area contributed by atoms with Crippen molar-refractivity contribution in [3.8, 4) is 11.5 Å². The normalized spacial score (nSPS) is 9.27. The summed E-state index contributed by atoms with van der Waals surface area (Å²) in [6.45, 7) is 10.9. The Labute approximate surface area is 202 Å². The number of hydrogen-bond acceptors (Lipinski definition) is 1. The van der Waals surface area contributed by atoms with Crippen LogP contribution in [0.2, 0.25) is 19.6 Å². The third kappa shape index (κ3) is 9.63. The molecule has 0 aliphatic rings. The molecule has 0 amide bonds. The van der Waals surface area contributed by atoms with Crippen LogP contribution in [0.3, 0.4) is 0 Å². The maximum absolute atomic E-state index is 7.00. The van der Waals surface area contributed by atoms with E-state index in [4.69, 9.17) is 5.11 Å². The largest absolute Gasteiger partial charge is 3.00 e. The molecule has 0 atom stereocenters. The third-order valence-electron chi connectivity index (χ3n) is 3.88. The Morgan fingerprint density at radius 2 is 1.33 bits per heavy atom. The van der Waals surface area contributed by atoms with Gasteiger partial charge in [0.15, 0.2) is 0 Å². The summed E-state index contributed by atoms with van der Waals surface area (Å²) in [7, 11) is 1.72. The van der Waals surface area contributed by atoms with Crippen LogP contribution < -0.4 is 0 Å². The van der Waals surface area contributed by atoms with Crippen molar-refractivity contribution in [2.75, 3.05) is 7.11 Å². The van der Waals surface area contributed by atoms with Gasteiger partial charge in [0, 0.05) is 7.11 Å². The van der Waals surface area contributed by atoms with E-state index in [1.165, 1.54) is 10.9 Å². The predicted molar refractivity (Wildman–Crippen MR) is 130 cm³/mol. The second kappa shape index (κ2) is 14.9. The monoisotopic (exact) mass is 492 g/mol. The van der Waals surface area contributed by atoms with Crippen molar-refractivity contribution in [1.29, 1.82) is 0 Å². The van der Waals surface area contributed by atoms with E-state index < -0.39 is 8.07 Å². The fraction of sp³-hybridized carbons (Fsp3) is 0.192. The fourth-order valence-corrected chi connectivity index (χ4v) is 3.01. The van der Waals surface area contributed by atoms with Crippen molar-refractivity contribution in [3.63, 3.8) is 0 Å². The number of rotatable bonds is 0. The first-order valence-corrected chi connectivity index (χ1v) is 13.1. The predicted octanol–water partition coefficient (Wildman–Crippen LogP) is 6.01. The summed E-state index contributed by atoms with van der Waals surface area (Å²) >= 11 is 0. The molecule has 0 saturated heterocycles. The molecule has 1 heterocycles. The number of para-hydroxylation sites is 1. The van der Waals surface area contributed by atoms with E-state index >= 15 is 0 Å². The van der Waals surface area contributed by atoms with Gasteiger partial charge in [0.1, 0.15) is 8.07 Å². The molecule has 1 aromatic heterocycles. The van der Waals surface area contributed by atoms with E-state index in [0.29, 0.717) is 0 Å². The minimum atomic E-state index is -1.34. The minimum absolute atomic E-state index is 0. The van der Waals surface area contributed by atoms with Gasteiger partial charge in [0.25, 0.3) is 0 Å². The first kappa shape index (κ1) is 27.9. The standard InChI is InChI=1S/C15H18NSi.2C5H5.CH4O.Zr/c1-12-13-8-6-7-9-15(13)16(2)14(12)10-11-17(3,4)5;2*1-2-4-5-3-1;1-2;/h6-9H,1H2,2-5H3;2*1-5H;2H,1H3;/q3*-1;;+3. The molecule has 0 fully saturated rings. The van der Waals surface area contributed by atoms with Gasteiger partial charge in [-0.05, 0) is 18.3 Å². The van der Waals surface area contributed by atoms with Crippen molar-refractivity contribution in [2.24, 2.45) is 7.05 Å². The quantitative estimate of drug-likeness (QED) is 0.181. The van der Waals surface area contributed by atoms with Crippen LogP contribution in [0.25, 0.3) is 10.9 Å². The Morgan fingerprint density at radius 1 is 0.867 bits per heavy atom. The third-order valence-corrected chi connectivity index (χ3v) is 4.75. The van der Waals surface area contributed by atoms with Gasteiger partial charge in [0.05, 0.1) is 0 Å². The molecule has 30 heavy (non-hydrogen) atoms. The topological polar surface area (TPSA) is 25.2 Å². The molecule has 155 valence electrons. The second-order valence-corrected chi connectivity index (χ2v) is 12.1. The number of fused-ring (bicyclic) bond motifs is 1. The van der Waals surface area contributed by atoms with Gasteiger partial charge in [-0.1, -0.05) is 37.8 Å². The Hall–Kier alpha value is -2.05. The molecule has 4 aromatic rings. The van der Waals surface area contributed by atoms with Crippen LogP contribution >= 0.6 is 0 Å². The Morgan fingerprint density at radius 3 is 1.70 bits per heavy atom. The van der Waals surface area contributed by atoms with E-state index in [1.54, 1.807) is 0 Å². The van der Waals surface area contributed by atoms with Crippen LogP contribution in [0.15, 0.2) is 84.9 Å². The summed E-state index contributed by atoms with van der Waals surface area (Å²) in [5.74, 6) is 3.32. The van der Waals surface area contributed by atoms with E-state index in [0.717, 1.165) is 18.4 Å². The first-order chi connectivity index (χ1) is 13.9. The molecule has 0 unspecified atom stereocenters. The SMILES string of the molecule is CO.[CH2-]c1c(C#C[Si](C)(C)C)n(C)c2ccccc12.[Zr+3].c1cc[cH-]c1.c1cc[cH-]c1. The molecule has 1 N–H and O–H groups in total. The zero-order valence-electron chi connectivity index (χ0n) is 18.7. The van der Waals surface area contributed by atoms with Gasteiger partial charge >= 0.3 is 26.2 Å². The van der Waals surface area contributed by atoms with Gasteiger partial charge < -0.3 is 9.67 Å². The maximum Gasteiger partial charge on any atom is 3.00 e. The Bertz CT molecular complexity index is 882. The number of aromatic nitrogens is 1. The van der Waals surface area contributed by atoms with E-state index in [1.807, 2.05) is 66.7 Å². The number of benzene rings is 1. The molecule has 3 aromatic carbocycles. The summed E-state index contributed by atoms with van der Waals surface area (Å²) in [6.07, 6.45) is 0. The molecule has 4 heteroatoms. The van der Waals surface area contributed by atoms with Gasteiger partial charge in [-0.25, -0.2) is 24.3 Å². The zero-order chi connectivity index (χ0) is 21.7. The van der Waals surface area contributed by atoms with Gasteiger partial charge in [-0.15, -0.1) is 22.9 Å². The average molecular weight is 494 g/mol. The van der Waals surface area contributed by atoms with E-state index in [-0.39, 0.29) is 26.2 Å². The van der Waals surface area contributed by atoms with Crippen LogP contribution in [0.4, 0.5) is 0 Å². The van der Waals surface area contributed by atoms with Crippen molar-refractivity contribution >= 4 is 19.0 Å². The van der Waals surface area contributed by atoms with Gasteiger partial charge in [-0.2, -0.15) is 48.9 Å². The van der Waals surface area contributed by atoms with Crippen LogP contribution in [0.1, 0.15) is 11.3 Å². The van der Waals surface area contributed by atoms with Crippen LogP contribution in [0, 0.1) is 18.4 Å². The summed E-state index contributed by atoms with van der Waals surface area (Å²) in [5, 5.41) is 8.20. The summed E-state index contributed by atoms with van der Waals surface area (Å²) in [5.41, 5.74) is 6.71. The molecule has 0 aliphatic heterocycles. The number of aliphatic hydroxyl groups excluding tert-OH is 1. The Balaban J connectivity index is 0.000000528. The van der Waals surface area contributed by atoms with Crippen molar-refractivity contribution in [3.05, 3.63) is 103 Å². The molecule has 2 nitrogen and oxygen atoms in total. The molecule has 0 aliphatic carbocycles. The van der Waals surface area contributed by atoms with Crippen LogP contribution in [-0.4, -0.2) is 24.9 Å². The molecular formula is C26H32NOSiZr. The second-order valence-electron chi connectivity index (χ2n) is 7.33. The van der Waals surface area contributed by atoms with E-state index in [2.05, 4.69) is 67.8 Å². The minimum Gasteiger partial charge on any atom is -0.400 e. The molecule has 4 rings (SSSR count). The number of aliphatic hydroxyl groups is 1. The zero-order valence-corrected chi connectivity index (χ0v) is 22.1.